The highest BCUT2D eigenvalue weighted by Crippen LogP contribution is 2.21. The number of hydrogen-bond acceptors (Lipinski definition) is 3. The molecular weight excluding hydrogens is 316 g/mol. The molecule has 0 heterocycles. The van der Waals surface area contributed by atoms with E-state index in [9.17, 15) is 14.7 Å². The third-order valence-electron chi connectivity index (χ3n) is 4.19. The van der Waals surface area contributed by atoms with Crippen LogP contribution in [0, 0.1) is 6.92 Å². The summed E-state index contributed by atoms with van der Waals surface area (Å²) in [5, 5.41) is 15.9. The van der Waals surface area contributed by atoms with Crippen LogP contribution < -0.4 is 15.7 Å². The molecule has 0 aliphatic rings. The van der Waals surface area contributed by atoms with Gasteiger partial charge >= 0.3 is 0 Å². The number of amides is 1. The Bertz CT molecular complexity index is 729. The number of rotatable bonds is 8. The second-order valence-electron chi connectivity index (χ2n) is 6.07. The largest absolute Gasteiger partial charge is 0.544 e. The number of carbonyl (C=O) groups excluding carboxylic acids is 2. The van der Waals surface area contributed by atoms with Gasteiger partial charge in [0, 0.05) is 11.3 Å². The minimum absolute atomic E-state index is 0.132. The zero-order valence-electron chi connectivity index (χ0n) is 14.6. The van der Waals surface area contributed by atoms with Crippen molar-refractivity contribution in [3.8, 4) is 0 Å². The van der Waals surface area contributed by atoms with E-state index in [1.165, 1.54) is 0 Å². The first kappa shape index (κ1) is 18.7. The van der Waals surface area contributed by atoms with E-state index in [2.05, 4.69) is 5.32 Å². The molecule has 2 rings (SSSR count). The van der Waals surface area contributed by atoms with Crippen molar-refractivity contribution in [2.45, 2.75) is 39.3 Å². The summed E-state index contributed by atoms with van der Waals surface area (Å²) in [5.41, 5.74) is 3.77. The van der Waals surface area contributed by atoms with Gasteiger partial charge in [-0.1, -0.05) is 55.5 Å². The van der Waals surface area contributed by atoms with Crippen molar-refractivity contribution in [3.05, 3.63) is 65.2 Å². The van der Waals surface area contributed by atoms with Crippen LogP contribution in [0.15, 0.2) is 48.5 Å². The number of hydrogen-bond donors (Lipinski definition) is 2. The molecule has 5 heteroatoms. The summed E-state index contributed by atoms with van der Waals surface area (Å²) < 4.78 is 0. The van der Waals surface area contributed by atoms with E-state index in [0.717, 1.165) is 28.8 Å². The topological polar surface area (TPSA) is 85.8 Å². The summed E-state index contributed by atoms with van der Waals surface area (Å²) >= 11 is 0. The van der Waals surface area contributed by atoms with Crippen LogP contribution in [-0.2, 0) is 22.6 Å². The Balaban J connectivity index is 2.00. The minimum atomic E-state index is -1.23. The molecule has 0 spiro atoms. The SMILES string of the molecule is CCc1cccc(C)c1NC(=O)C[C@@H]([NH2+]Cc1ccccc1)C(=O)[O-]. The first-order valence-corrected chi connectivity index (χ1v) is 8.47. The molecule has 25 heavy (non-hydrogen) atoms. The number of nitrogens with two attached hydrogens (primary N) is 1. The van der Waals surface area contributed by atoms with Crippen molar-refractivity contribution in [2.75, 3.05) is 5.32 Å². The Kier molecular flexibility index (Phi) is 6.71. The van der Waals surface area contributed by atoms with Crippen LogP contribution in [0.3, 0.4) is 0 Å². The number of carbonyl (C=O) groups is 2. The molecule has 3 N–H and O–H groups in total. The van der Waals surface area contributed by atoms with Gasteiger partial charge in [-0.05, 0) is 24.5 Å². The molecule has 0 aromatic heterocycles. The molecule has 0 saturated carbocycles. The Labute approximate surface area is 148 Å². The zero-order valence-corrected chi connectivity index (χ0v) is 14.6. The van der Waals surface area contributed by atoms with Crippen LogP contribution in [-0.4, -0.2) is 17.9 Å². The fraction of sp³-hybridized carbons (Fsp3) is 0.300. The summed E-state index contributed by atoms with van der Waals surface area (Å²) in [4.78, 5) is 23.7. The molecule has 1 amide bonds. The van der Waals surface area contributed by atoms with Gasteiger partial charge in [0.25, 0.3) is 0 Å². The van der Waals surface area contributed by atoms with Gasteiger partial charge in [-0.2, -0.15) is 0 Å². The monoisotopic (exact) mass is 340 g/mol. The molecule has 0 saturated heterocycles. The third kappa shape index (κ3) is 5.43. The molecule has 0 aliphatic heterocycles. The summed E-state index contributed by atoms with van der Waals surface area (Å²) in [5.74, 6) is -1.55. The average molecular weight is 340 g/mol. The first-order valence-electron chi connectivity index (χ1n) is 8.47. The van der Waals surface area contributed by atoms with Crippen molar-refractivity contribution in [2.24, 2.45) is 0 Å². The normalized spacial score (nSPS) is 11.8. The fourth-order valence-electron chi connectivity index (χ4n) is 2.75. The van der Waals surface area contributed by atoms with E-state index >= 15 is 0 Å². The lowest BCUT2D eigenvalue weighted by atomic mass is 10.1. The fourth-order valence-corrected chi connectivity index (χ4v) is 2.75. The van der Waals surface area contributed by atoms with E-state index in [4.69, 9.17) is 0 Å². The molecule has 0 fully saturated rings. The van der Waals surface area contributed by atoms with Gasteiger partial charge in [0.05, 0.1) is 12.4 Å². The van der Waals surface area contributed by atoms with Crippen molar-refractivity contribution in [1.82, 2.24) is 0 Å². The number of nitrogens with one attached hydrogen (secondary N) is 1. The maximum absolute atomic E-state index is 12.3. The summed E-state index contributed by atoms with van der Waals surface area (Å²) in [6, 6.07) is 14.4. The zero-order chi connectivity index (χ0) is 18.2. The van der Waals surface area contributed by atoms with Gasteiger partial charge in [0.2, 0.25) is 5.91 Å². The highest BCUT2D eigenvalue weighted by Gasteiger charge is 2.19. The van der Waals surface area contributed by atoms with Gasteiger partial charge in [0.15, 0.2) is 0 Å². The number of carboxylic acid groups (broad SMARTS) is 1. The van der Waals surface area contributed by atoms with Gasteiger partial charge in [-0.3, -0.25) is 4.79 Å². The van der Waals surface area contributed by atoms with E-state index in [1.807, 2.05) is 62.4 Å². The van der Waals surface area contributed by atoms with E-state index in [-0.39, 0.29) is 12.3 Å². The summed E-state index contributed by atoms with van der Waals surface area (Å²) in [6.45, 7) is 4.42. The van der Waals surface area contributed by atoms with Gasteiger partial charge < -0.3 is 20.5 Å². The maximum atomic E-state index is 12.3. The molecule has 0 radical (unpaired) electrons. The summed E-state index contributed by atoms with van der Waals surface area (Å²) in [6.07, 6.45) is 0.661. The number of para-hydroxylation sites is 1. The highest BCUT2D eigenvalue weighted by atomic mass is 16.4. The Morgan fingerprint density at radius 2 is 1.84 bits per heavy atom. The van der Waals surface area contributed by atoms with Crippen molar-refractivity contribution in [3.63, 3.8) is 0 Å². The van der Waals surface area contributed by atoms with E-state index in [1.54, 1.807) is 5.32 Å². The number of aliphatic carboxylic acids is 1. The van der Waals surface area contributed by atoms with Crippen LogP contribution in [0.4, 0.5) is 5.69 Å². The molecule has 132 valence electrons. The number of carboxylic acids is 1. The molecule has 0 unspecified atom stereocenters. The third-order valence-corrected chi connectivity index (χ3v) is 4.19. The van der Waals surface area contributed by atoms with Crippen LogP contribution >= 0.6 is 0 Å². The lowest BCUT2D eigenvalue weighted by Crippen LogP contribution is -2.92. The lowest BCUT2D eigenvalue weighted by Gasteiger charge is -2.18. The molecule has 1 atom stereocenters. The Morgan fingerprint density at radius 3 is 2.48 bits per heavy atom. The molecular formula is C20H24N2O3. The van der Waals surface area contributed by atoms with Gasteiger partial charge in [-0.25, -0.2) is 0 Å². The minimum Gasteiger partial charge on any atom is -0.544 e. The van der Waals surface area contributed by atoms with Crippen LogP contribution in [0.5, 0.6) is 0 Å². The number of benzene rings is 2. The highest BCUT2D eigenvalue weighted by molar-refractivity contribution is 5.94. The predicted molar refractivity (Wildman–Crippen MR) is 94.7 cm³/mol. The quantitative estimate of drug-likeness (QED) is 0.744. The van der Waals surface area contributed by atoms with Crippen molar-refractivity contribution < 1.29 is 20.0 Å². The van der Waals surface area contributed by atoms with Gasteiger partial charge in [-0.15, -0.1) is 0 Å². The first-order chi connectivity index (χ1) is 12.0. The molecule has 2 aromatic carbocycles. The average Bonchev–Trinajstić information content (AvgIpc) is 2.61. The maximum Gasteiger partial charge on any atom is 0.230 e. The Morgan fingerprint density at radius 1 is 1.12 bits per heavy atom. The van der Waals surface area contributed by atoms with E-state index < -0.39 is 12.0 Å². The summed E-state index contributed by atoms with van der Waals surface area (Å²) in [7, 11) is 0. The standard InChI is InChI=1S/C20H24N2O3/c1-3-16-11-7-8-14(2)19(16)22-18(23)12-17(20(24)25)21-13-15-9-5-4-6-10-15/h4-11,17,21H,3,12-13H2,1-2H3,(H,22,23)(H,24,25)/t17-/m1/s1. The van der Waals surface area contributed by atoms with Crippen LogP contribution in [0.2, 0.25) is 0 Å². The van der Waals surface area contributed by atoms with E-state index in [0.29, 0.717) is 6.54 Å². The molecule has 5 nitrogen and oxygen atoms in total. The molecule has 2 aromatic rings. The number of quaternary nitrogens is 1. The van der Waals surface area contributed by atoms with Crippen molar-refractivity contribution >= 4 is 17.6 Å². The second-order valence-corrected chi connectivity index (χ2v) is 6.07. The van der Waals surface area contributed by atoms with Crippen LogP contribution in [0.1, 0.15) is 30.0 Å². The Hall–Kier alpha value is -2.66. The van der Waals surface area contributed by atoms with Gasteiger partial charge in [0.1, 0.15) is 12.6 Å². The molecule has 0 aliphatic carbocycles. The smallest absolute Gasteiger partial charge is 0.230 e. The number of anilines is 1. The lowest BCUT2D eigenvalue weighted by molar-refractivity contribution is -0.697. The second kappa shape index (κ2) is 8.99. The number of aryl methyl sites for hydroxylation is 2. The molecule has 0 bridgehead atoms. The van der Waals surface area contributed by atoms with Crippen LogP contribution in [0.25, 0.3) is 0 Å². The van der Waals surface area contributed by atoms with Crippen molar-refractivity contribution in [1.29, 1.82) is 0 Å². The predicted octanol–water partition coefficient (Wildman–Crippen LogP) is 0.768.